The Hall–Kier alpha value is -2.19. The normalized spacial score (nSPS) is 16.1. The first-order valence-electron chi connectivity index (χ1n) is 7.29. The molecule has 126 valence electrons. The van der Waals surface area contributed by atoms with E-state index in [0.717, 1.165) is 5.56 Å². The van der Waals surface area contributed by atoms with E-state index in [1.54, 1.807) is 19.1 Å². The second kappa shape index (κ2) is 6.03. The average molecular weight is 366 g/mol. The number of amides is 1. The molecule has 1 aliphatic rings. The zero-order chi connectivity index (χ0) is 17.5. The molecule has 3 rings (SSSR count). The summed E-state index contributed by atoms with van der Waals surface area (Å²) >= 11 is 5.88. The van der Waals surface area contributed by atoms with Gasteiger partial charge in [0.05, 0.1) is 13.0 Å². The number of rotatable bonds is 4. The lowest BCUT2D eigenvalue weighted by molar-refractivity contribution is -0.117. The maximum atomic E-state index is 12.3. The molecule has 2 aromatic rings. The summed E-state index contributed by atoms with van der Waals surface area (Å²) in [6, 6.07) is 7.12. The summed E-state index contributed by atoms with van der Waals surface area (Å²) in [5.74, 6) is 0.364. The van der Waals surface area contributed by atoms with Crippen molar-refractivity contribution in [3.8, 4) is 0 Å². The summed E-state index contributed by atoms with van der Waals surface area (Å²) in [6.45, 7) is 1.92. The van der Waals surface area contributed by atoms with Gasteiger partial charge in [-0.3, -0.25) is 9.69 Å². The Labute approximate surface area is 144 Å². The number of carbonyl (C=O) groups excluding carboxylic acids is 1. The van der Waals surface area contributed by atoms with Crippen LogP contribution in [0.4, 0.5) is 11.6 Å². The monoisotopic (exact) mass is 365 g/mol. The Balaban J connectivity index is 2.03. The van der Waals surface area contributed by atoms with Crippen molar-refractivity contribution in [2.75, 3.05) is 16.4 Å². The Morgan fingerprint density at radius 3 is 2.62 bits per heavy atom. The van der Waals surface area contributed by atoms with Gasteiger partial charge >= 0.3 is 0 Å². The second-order valence-electron chi connectivity index (χ2n) is 5.44. The number of nitrogens with one attached hydrogen (secondary N) is 1. The number of carbonyl (C=O) groups is 1. The van der Waals surface area contributed by atoms with Crippen LogP contribution >= 0.6 is 11.6 Å². The summed E-state index contributed by atoms with van der Waals surface area (Å²) in [7, 11) is -3.12. The molecule has 1 atom stereocenters. The molecule has 7 nitrogen and oxygen atoms in total. The molecule has 1 aromatic carbocycles. The highest BCUT2D eigenvalue weighted by Crippen LogP contribution is 2.32. The van der Waals surface area contributed by atoms with Crippen LogP contribution in [0.15, 0.2) is 29.4 Å². The largest absolute Gasteiger partial charge is 0.383 e. The molecule has 0 spiro atoms. The molecular weight excluding hydrogens is 350 g/mol. The van der Waals surface area contributed by atoms with Crippen LogP contribution < -0.4 is 10.6 Å². The van der Waals surface area contributed by atoms with E-state index in [1.165, 1.54) is 4.90 Å². The van der Waals surface area contributed by atoms with Gasteiger partial charge < -0.3 is 5.73 Å². The quantitative estimate of drug-likeness (QED) is 0.806. The number of benzene rings is 1. The van der Waals surface area contributed by atoms with Crippen molar-refractivity contribution >= 4 is 38.9 Å². The molecule has 2 heterocycles. The Bertz CT molecular complexity index is 912. The zero-order valence-corrected chi connectivity index (χ0v) is 14.5. The van der Waals surface area contributed by atoms with Crippen LogP contribution in [-0.4, -0.2) is 25.8 Å². The van der Waals surface area contributed by atoms with Gasteiger partial charge in [-0.05, 0) is 17.7 Å². The highest BCUT2D eigenvalue weighted by Gasteiger charge is 2.33. The van der Waals surface area contributed by atoms with Crippen molar-refractivity contribution in [2.45, 2.75) is 25.0 Å². The van der Waals surface area contributed by atoms with E-state index in [-0.39, 0.29) is 29.1 Å². The van der Waals surface area contributed by atoms with Crippen molar-refractivity contribution < 1.29 is 9.00 Å². The predicted octanol–water partition coefficient (Wildman–Crippen LogP) is 2.23. The van der Waals surface area contributed by atoms with E-state index >= 15 is 0 Å². The maximum Gasteiger partial charge on any atom is 0.233 e. The topological polar surface area (TPSA) is 113 Å². The molecule has 1 unspecified atom stereocenters. The highest BCUT2D eigenvalue weighted by atomic mass is 35.5. The van der Waals surface area contributed by atoms with Gasteiger partial charge in [-0.25, -0.2) is 19.0 Å². The van der Waals surface area contributed by atoms with Gasteiger partial charge in [0.15, 0.2) is 0 Å². The Kier molecular flexibility index (Phi) is 4.18. The Morgan fingerprint density at radius 2 is 2.00 bits per heavy atom. The van der Waals surface area contributed by atoms with Gasteiger partial charge in [0, 0.05) is 16.3 Å². The lowest BCUT2D eigenvalue weighted by Crippen LogP contribution is -2.27. The van der Waals surface area contributed by atoms with Crippen LogP contribution in [0.25, 0.3) is 0 Å². The number of nitrogen functional groups attached to an aromatic ring is 1. The minimum atomic E-state index is -3.12. The maximum absolute atomic E-state index is 12.3. The first-order valence-corrected chi connectivity index (χ1v) is 9.40. The number of halogens is 1. The summed E-state index contributed by atoms with van der Waals surface area (Å²) in [6.07, 6.45) is 0.0976. The van der Waals surface area contributed by atoms with Crippen molar-refractivity contribution in [1.82, 2.24) is 9.97 Å². The van der Waals surface area contributed by atoms with Gasteiger partial charge in [0.2, 0.25) is 11.1 Å². The van der Waals surface area contributed by atoms with Crippen LogP contribution in [0.1, 0.15) is 18.1 Å². The molecular formula is C15H16ClN5O2S. The second-order valence-corrected chi connectivity index (χ2v) is 8.17. The van der Waals surface area contributed by atoms with E-state index in [1.807, 2.05) is 12.1 Å². The molecule has 1 aliphatic heterocycles. The Morgan fingerprint density at radius 1 is 1.33 bits per heavy atom. The number of nitrogens with zero attached hydrogens (tertiary/aromatic N) is 3. The van der Waals surface area contributed by atoms with Gasteiger partial charge in [-0.2, -0.15) is 0 Å². The van der Waals surface area contributed by atoms with E-state index in [2.05, 4.69) is 9.97 Å². The third kappa shape index (κ3) is 2.94. The number of fused-ring (bicyclic) bond motifs is 1. The molecule has 0 saturated heterocycles. The molecule has 3 N–H and O–H groups in total. The molecule has 0 bridgehead atoms. The van der Waals surface area contributed by atoms with Gasteiger partial charge in [-0.15, -0.1) is 0 Å². The number of hydrogen-bond acceptors (Lipinski definition) is 6. The van der Waals surface area contributed by atoms with Gasteiger partial charge in [0.1, 0.15) is 21.4 Å². The number of hydrogen-bond donors (Lipinski definition) is 2. The van der Waals surface area contributed by atoms with Gasteiger partial charge in [0.25, 0.3) is 0 Å². The summed E-state index contributed by atoms with van der Waals surface area (Å²) in [5, 5.41) is 0.481. The molecule has 24 heavy (non-hydrogen) atoms. The van der Waals surface area contributed by atoms with Crippen molar-refractivity contribution in [1.29, 1.82) is 4.78 Å². The van der Waals surface area contributed by atoms with E-state index in [4.69, 9.17) is 22.1 Å². The third-order valence-electron chi connectivity index (χ3n) is 3.84. The number of anilines is 2. The first-order chi connectivity index (χ1) is 11.3. The van der Waals surface area contributed by atoms with Gasteiger partial charge in [-0.1, -0.05) is 30.7 Å². The van der Waals surface area contributed by atoms with Crippen molar-refractivity contribution in [3.63, 3.8) is 0 Å². The molecule has 0 aliphatic carbocycles. The molecule has 0 radical (unpaired) electrons. The number of aromatic nitrogens is 2. The van der Waals surface area contributed by atoms with Crippen molar-refractivity contribution in [2.24, 2.45) is 0 Å². The smallest absolute Gasteiger partial charge is 0.233 e. The van der Waals surface area contributed by atoms with E-state index in [0.29, 0.717) is 22.9 Å². The fourth-order valence-electron chi connectivity index (χ4n) is 2.44. The first kappa shape index (κ1) is 16.7. The summed E-state index contributed by atoms with van der Waals surface area (Å²) < 4.78 is 20.1. The highest BCUT2D eigenvalue weighted by molar-refractivity contribution is 7.92. The standard InChI is InChI=1S/C15H16ClN5O2S/c1-2-24(18,23)15-19-13(17)11-7-12(22)21(14(11)20-15)8-9-3-5-10(16)6-4-9/h3-6,18H,2,7-8H2,1H3,(H2,17,19,20). The van der Waals surface area contributed by atoms with Crippen LogP contribution in [0.5, 0.6) is 0 Å². The fraction of sp³-hybridized carbons (Fsp3) is 0.267. The van der Waals surface area contributed by atoms with Crippen LogP contribution in [0.2, 0.25) is 5.02 Å². The fourth-order valence-corrected chi connectivity index (χ4v) is 3.30. The SMILES string of the molecule is CCS(=N)(=O)c1nc(N)c2c(n1)N(Cc1ccc(Cl)cc1)C(=O)C2. The molecule has 0 saturated carbocycles. The lowest BCUT2D eigenvalue weighted by atomic mass is 10.2. The summed E-state index contributed by atoms with van der Waals surface area (Å²) in [5.41, 5.74) is 7.30. The molecule has 0 fully saturated rings. The molecule has 1 amide bonds. The zero-order valence-electron chi connectivity index (χ0n) is 13.0. The minimum Gasteiger partial charge on any atom is -0.383 e. The average Bonchev–Trinajstić information content (AvgIpc) is 2.86. The number of nitrogens with two attached hydrogens (primary N) is 1. The lowest BCUT2D eigenvalue weighted by Gasteiger charge is -2.17. The molecule has 9 heteroatoms. The van der Waals surface area contributed by atoms with Crippen LogP contribution in [0, 0.1) is 4.78 Å². The van der Waals surface area contributed by atoms with E-state index in [9.17, 15) is 9.00 Å². The van der Waals surface area contributed by atoms with Crippen LogP contribution in [-0.2, 0) is 27.5 Å². The predicted molar refractivity (Wildman–Crippen MR) is 92.5 cm³/mol. The summed E-state index contributed by atoms with van der Waals surface area (Å²) in [4.78, 5) is 22.0. The van der Waals surface area contributed by atoms with Crippen molar-refractivity contribution in [3.05, 3.63) is 40.4 Å². The molecule has 1 aromatic heterocycles. The minimum absolute atomic E-state index is 0.0797. The van der Waals surface area contributed by atoms with Crippen LogP contribution in [0.3, 0.4) is 0 Å². The third-order valence-corrected chi connectivity index (χ3v) is 5.67. The van der Waals surface area contributed by atoms with E-state index < -0.39 is 9.73 Å².